The average Bonchev–Trinajstić information content (AvgIpc) is 2.77. The summed E-state index contributed by atoms with van der Waals surface area (Å²) in [4.78, 5) is 4.38. The van der Waals surface area contributed by atoms with Crippen molar-refractivity contribution in [1.29, 1.82) is 0 Å². The predicted molar refractivity (Wildman–Crippen MR) is 70.5 cm³/mol. The molecule has 19 heavy (non-hydrogen) atoms. The third kappa shape index (κ3) is 1.79. The summed E-state index contributed by atoms with van der Waals surface area (Å²) in [6.45, 7) is 0. The third-order valence-corrected chi connectivity index (χ3v) is 3.75. The molecule has 1 heterocycles. The molecule has 98 valence electrons. The molecule has 0 amide bonds. The molecule has 0 radical (unpaired) electrons. The smallest absolute Gasteiger partial charge is 0.142 e. The zero-order valence-corrected chi connectivity index (χ0v) is 10.7. The van der Waals surface area contributed by atoms with Crippen molar-refractivity contribution >= 4 is 0 Å². The van der Waals surface area contributed by atoms with E-state index in [1.807, 2.05) is 12.1 Å². The molecular formula is C15H15FN2O. The standard InChI is InChI=1S/C15H15FN2O/c1-19-13-3-2-8-18-14(13)15(17)7-6-10-9-11(16)4-5-12(10)15/h2-5,8-9H,6-7,17H2,1H3. The van der Waals surface area contributed by atoms with Gasteiger partial charge in [-0.15, -0.1) is 0 Å². The van der Waals surface area contributed by atoms with Gasteiger partial charge in [-0.2, -0.15) is 0 Å². The van der Waals surface area contributed by atoms with Crippen LogP contribution in [0.1, 0.15) is 23.2 Å². The van der Waals surface area contributed by atoms with Gasteiger partial charge < -0.3 is 10.5 Å². The lowest BCUT2D eigenvalue weighted by molar-refractivity contribution is 0.387. The van der Waals surface area contributed by atoms with Crippen LogP contribution in [0.25, 0.3) is 0 Å². The Hall–Kier alpha value is -1.94. The Morgan fingerprint density at radius 1 is 1.37 bits per heavy atom. The van der Waals surface area contributed by atoms with Crippen LogP contribution in [0.15, 0.2) is 36.5 Å². The summed E-state index contributed by atoms with van der Waals surface area (Å²) >= 11 is 0. The van der Waals surface area contributed by atoms with Crippen LogP contribution >= 0.6 is 0 Å². The maximum atomic E-state index is 13.3. The molecule has 1 aromatic carbocycles. The first-order chi connectivity index (χ1) is 9.15. The van der Waals surface area contributed by atoms with Crippen LogP contribution in [0.2, 0.25) is 0 Å². The van der Waals surface area contributed by atoms with E-state index in [9.17, 15) is 4.39 Å². The van der Waals surface area contributed by atoms with Gasteiger partial charge in [0.05, 0.1) is 12.6 Å². The van der Waals surface area contributed by atoms with Crippen LogP contribution in [0, 0.1) is 5.82 Å². The highest BCUT2D eigenvalue weighted by Gasteiger charge is 2.40. The number of aryl methyl sites for hydroxylation is 1. The fourth-order valence-corrected chi connectivity index (χ4v) is 2.81. The first-order valence-electron chi connectivity index (χ1n) is 6.22. The molecule has 2 aromatic rings. The molecule has 0 fully saturated rings. The molecule has 0 saturated heterocycles. The minimum Gasteiger partial charge on any atom is -0.495 e. The van der Waals surface area contributed by atoms with Crippen LogP contribution < -0.4 is 10.5 Å². The van der Waals surface area contributed by atoms with E-state index in [1.54, 1.807) is 25.4 Å². The number of methoxy groups -OCH3 is 1. The molecule has 1 aliphatic carbocycles. The van der Waals surface area contributed by atoms with E-state index in [0.717, 1.165) is 17.5 Å². The van der Waals surface area contributed by atoms with E-state index in [-0.39, 0.29) is 5.82 Å². The van der Waals surface area contributed by atoms with Gasteiger partial charge in [0.1, 0.15) is 17.3 Å². The zero-order valence-electron chi connectivity index (χ0n) is 10.7. The Labute approximate surface area is 111 Å². The maximum absolute atomic E-state index is 13.3. The van der Waals surface area contributed by atoms with Crippen LogP contribution in [-0.4, -0.2) is 12.1 Å². The Morgan fingerprint density at radius 3 is 3.00 bits per heavy atom. The molecule has 0 saturated carbocycles. The number of benzene rings is 1. The van der Waals surface area contributed by atoms with Crippen LogP contribution in [0.3, 0.4) is 0 Å². The lowest BCUT2D eigenvalue weighted by Crippen LogP contribution is -2.36. The highest BCUT2D eigenvalue weighted by molar-refractivity contribution is 5.48. The Balaban J connectivity index is 2.16. The van der Waals surface area contributed by atoms with Gasteiger partial charge >= 0.3 is 0 Å². The van der Waals surface area contributed by atoms with Gasteiger partial charge in [-0.25, -0.2) is 4.39 Å². The molecule has 3 nitrogen and oxygen atoms in total. The average molecular weight is 258 g/mol. The van der Waals surface area contributed by atoms with Crippen molar-refractivity contribution in [2.75, 3.05) is 7.11 Å². The minimum absolute atomic E-state index is 0.226. The van der Waals surface area contributed by atoms with Crippen molar-refractivity contribution in [1.82, 2.24) is 4.98 Å². The van der Waals surface area contributed by atoms with E-state index < -0.39 is 5.54 Å². The summed E-state index contributed by atoms with van der Waals surface area (Å²) in [5, 5.41) is 0. The topological polar surface area (TPSA) is 48.1 Å². The summed E-state index contributed by atoms with van der Waals surface area (Å²) in [5.74, 6) is 0.443. The zero-order chi connectivity index (χ0) is 13.5. The molecule has 2 N–H and O–H groups in total. The molecule has 0 spiro atoms. The van der Waals surface area contributed by atoms with Gasteiger partial charge in [-0.3, -0.25) is 4.98 Å². The van der Waals surface area contributed by atoms with Crippen molar-refractivity contribution in [2.45, 2.75) is 18.4 Å². The van der Waals surface area contributed by atoms with Crippen molar-refractivity contribution in [3.8, 4) is 5.75 Å². The van der Waals surface area contributed by atoms with E-state index in [0.29, 0.717) is 17.9 Å². The van der Waals surface area contributed by atoms with Gasteiger partial charge in [0.2, 0.25) is 0 Å². The number of aromatic nitrogens is 1. The molecule has 0 aliphatic heterocycles. The Morgan fingerprint density at radius 2 is 2.21 bits per heavy atom. The van der Waals surface area contributed by atoms with E-state index in [2.05, 4.69) is 4.98 Å². The Bertz CT molecular complexity index is 629. The molecule has 3 rings (SSSR count). The molecule has 4 heteroatoms. The number of nitrogens with zero attached hydrogens (tertiary/aromatic N) is 1. The molecular weight excluding hydrogens is 243 g/mol. The summed E-state index contributed by atoms with van der Waals surface area (Å²) in [5.41, 5.74) is 8.46. The molecule has 0 bridgehead atoms. The number of ether oxygens (including phenoxy) is 1. The van der Waals surface area contributed by atoms with E-state index in [4.69, 9.17) is 10.5 Å². The minimum atomic E-state index is -0.699. The molecule has 1 unspecified atom stereocenters. The summed E-state index contributed by atoms with van der Waals surface area (Å²) in [6.07, 6.45) is 3.16. The van der Waals surface area contributed by atoms with Crippen LogP contribution in [-0.2, 0) is 12.0 Å². The van der Waals surface area contributed by atoms with Gasteiger partial charge in [-0.1, -0.05) is 6.07 Å². The first-order valence-corrected chi connectivity index (χ1v) is 6.22. The molecule has 1 aliphatic rings. The summed E-state index contributed by atoms with van der Waals surface area (Å²) in [6, 6.07) is 8.41. The van der Waals surface area contributed by atoms with Crippen molar-refractivity contribution in [2.24, 2.45) is 5.73 Å². The number of fused-ring (bicyclic) bond motifs is 1. The molecule has 1 aromatic heterocycles. The highest BCUT2D eigenvalue weighted by Crippen LogP contribution is 2.42. The maximum Gasteiger partial charge on any atom is 0.142 e. The van der Waals surface area contributed by atoms with Gasteiger partial charge in [0, 0.05) is 6.20 Å². The number of rotatable bonds is 2. The lowest BCUT2D eigenvalue weighted by atomic mass is 9.88. The fraction of sp³-hybridized carbons (Fsp3) is 0.267. The quantitative estimate of drug-likeness (QED) is 0.899. The second kappa shape index (κ2) is 4.31. The van der Waals surface area contributed by atoms with Gasteiger partial charge in [0.25, 0.3) is 0 Å². The monoisotopic (exact) mass is 258 g/mol. The normalized spacial score (nSPS) is 21.2. The van der Waals surface area contributed by atoms with Gasteiger partial charge in [0.15, 0.2) is 0 Å². The second-order valence-corrected chi connectivity index (χ2v) is 4.83. The predicted octanol–water partition coefficient (Wildman–Crippen LogP) is 2.38. The van der Waals surface area contributed by atoms with Crippen molar-refractivity contribution < 1.29 is 9.13 Å². The van der Waals surface area contributed by atoms with Gasteiger partial charge in [-0.05, 0) is 48.2 Å². The number of pyridine rings is 1. The summed E-state index contributed by atoms with van der Waals surface area (Å²) in [7, 11) is 1.60. The van der Waals surface area contributed by atoms with Crippen molar-refractivity contribution in [3.63, 3.8) is 0 Å². The fourth-order valence-electron chi connectivity index (χ4n) is 2.81. The van der Waals surface area contributed by atoms with Crippen LogP contribution in [0.4, 0.5) is 4.39 Å². The molecule has 1 atom stereocenters. The number of hydrogen-bond donors (Lipinski definition) is 1. The van der Waals surface area contributed by atoms with Crippen molar-refractivity contribution in [3.05, 3.63) is 59.2 Å². The van der Waals surface area contributed by atoms with Crippen LogP contribution in [0.5, 0.6) is 5.75 Å². The number of hydrogen-bond acceptors (Lipinski definition) is 3. The highest BCUT2D eigenvalue weighted by atomic mass is 19.1. The lowest BCUT2D eigenvalue weighted by Gasteiger charge is -2.26. The second-order valence-electron chi connectivity index (χ2n) is 4.83. The first kappa shape index (κ1) is 12.1. The van der Waals surface area contributed by atoms with E-state index in [1.165, 1.54) is 6.07 Å². The largest absolute Gasteiger partial charge is 0.495 e. The summed E-state index contributed by atoms with van der Waals surface area (Å²) < 4.78 is 18.6. The van der Waals surface area contributed by atoms with E-state index >= 15 is 0 Å². The Kier molecular flexibility index (Phi) is 2.75. The number of halogens is 1. The number of nitrogens with two attached hydrogens (primary N) is 1. The third-order valence-electron chi connectivity index (χ3n) is 3.75. The SMILES string of the molecule is COc1cccnc1C1(N)CCc2cc(F)ccc21.